The molecule has 0 saturated heterocycles. The van der Waals surface area contributed by atoms with Gasteiger partial charge in [-0.05, 0) is 54.4 Å². The van der Waals surface area contributed by atoms with Crippen LogP contribution in [-0.4, -0.2) is 31.7 Å². The number of ether oxygens (including phenoxy) is 2. The minimum absolute atomic E-state index is 0.193. The van der Waals surface area contributed by atoms with Crippen LogP contribution in [0, 0.1) is 0 Å². The number of pyridine rings is 1. The van der Waals surface area contributed by atoms with E-state index in [0.717, 1.165) is 30.1 Å². The fourth-order valence-electron chi connectivity index (χ4n) is 2.75. The molecule has 0 atom stereocenters. The van der Waals surface area contributed by atoms with Gasteiger partial charge < -0.3 is 20.1 Å². The smallest absolute Gasteiger partial charge is 0.255 e. The zero-order chi connectivity index (χ0) is 19.8. The molecule has 6 heteroatoms. The minimum Gasteiger partial charge on any atom is -0.497 e. The molecular formula is C22H23N3O3. The van der Waals surface area contributed by atoms with E-state index in [0.29, 0.717) is 17.0 Å². The van der Waals surface area contributed by atoms with Crippen molar-refractivity contribution in [2.24, 2.45) is 0 Å². The van der Waals surface area contributed by atoms with Gasteiger partial charge in [0.2, 0.25) is 0 Å². The number of benzene rings is 2. The van der Waals surface area contributed by atoms with Crippen molar-refractivity contribution in [1.82, 2.24) is 4.98 Å². The Labute approximate surface area is 164 Å². The first-order chi connectivity index (χ1) is 13.7. The maximum atomic E-state index is 12.3. The molecule has 2 N–H and O–H groups in total. The molecule has 1 aromatic heterocycles. The summed E-state index contributed by atoms with van der Waals surface area (Å²) in [5, 5.41) is 6.11. The highest BCUT2D eigenvalue weighted by molar-refractivity contribution is 6.04. The second-order valence-corrected chi connectivity index (χ2v) is 6.10. The van der Waals surface area contributed by atoms with Gasteiger partial charge in [0.1, 0.15) is 17.3 Å². The number of anilines is 2. The van der Waals surface area contributed by atoms with Gasteiger partial charge in [0, 0.05) is 12.1 Å². The van der Waals surface area contributed by atoms with E-state index in [2.05, 4.69) is 15.6 Å². The lowest BCUT2D eigenvalue weighted by atomic mass is 10.1. The van der Waals surface area contributed by atoms with E-state index in [-0.39, 0.29) is 5.91 Å². The molecule has 6 nitrogen and oxygen atoms in total. The third-order valence-corrected chi connectivity index (χ3v) is 4.27. The summed E-state index contributed by atoms with van der Waals surface area (Å²) in [6.45, 7) is 0.727. The van der Waals surface area contributed by atoms with Crippen molar-refractivity contribution >= 4 is 17.4 Å². The van der Waals surface area contributed by atoms with Crippen LogP contribution in [0.25, 0.3) is 0 Å². The molecule has 1 amide bonds. The third kappa shape index (κ3) is 5.01. The van der Waals surface area contributed by atoms with E-state index in [1.54, 1.807) is 44.7 Å². The van der Waals surface area contributed by atoms with E-state index in [9.17, 15) is 4.79 Å². The predicted molar refractivity (Wildman–Crippen MR) is 110 cm³/mol. The molecule has 0 fully saturated rings. The molecule has 3 rings (SSSR count). The van der Waals surface area contributed by atoms with Gasteiger partial charge in [0.05, 0.1) is 26.1 Å². The van der Waals surface area contributed by atoms with Crippen LogP contribution in [0.2, 0.25) is 0 Å². The lowest BCUT2D eigenvalue weighted by Crippen LogP contribution is -2.12. The fourth-order valence-corrected chi connectivity index (χ4v) is 2.75. The summed E-state index contributed by atoms with van der Waals surface area (Å²) in [5.74, 6) is 2.15. The summed E-state index contributed by atoms with van der Waals surface area (Å²) >= 11 is 0. The lowest BCUT2D eigenvalue weighted by Gasteiger charge is -2.10. The topological polar surface area (TPSA) is 72.5 Å². The first-order valence-corrected chi connectivity index (χ1v) is 8.97. The first-order valence-electron chi connectivity index (χ1n) is 8.97. The Bertz CT molecular complexity index is 909. The molecule has 0 bridgehead atoms. The van der Waals surface area contributed by atoms with E-state index in [4.69, 9.17) is 9.47 Å². The number of hydrogen-bond acceptors (Lipinski definition) is 5. The average Bonchev–Trinajstić information content (AvgIpc) is 2.75. The molecule has 0 spiro atoms. The van der Waals surface area contributed by atoms with Crippen molar-refractivity contribution in [1.29, 1.82) is 0 Å². The number of carbonyl (C=O) groups excluding carboxylic acids is 1. The monoisotopic (exact) mass is 377 g/mol. The number of rotatable bonds is 8. The standard InChI is InChI=1S/C22H23N3O3/c1-27-19-10-7-17(8-11-19)22(26)25-18-9-12-21(24-15-18)23-14-13-16-5-3-4-6-20(16)28-2/h3-12,15H,13-14H2,1-2H3,(H,23,24)(H,25,26). The Balaban J connectivity index is 1.52. The fraction of sp³-hybridized carbons (Fsp3) is 0.182. The van der Waals surface area contributed by atoms with Crippen molar-refractivity contribution in [3.63, 3.8) is 0 Å². The molecule has 2 aromatic carbocycles. The van der Waals surface area contributed by atoms with Gasteiger partial charge in [-0.3, -0.25) is 4.79 Å². The molecule has 0 radical (unpaired) electrons. The SMILES string of the molecule is COc1ccc(C(=O)Nc2ccc(NCCc3ccccc3OC)nc2)cc1. The Morgan fingerprint density at radius 1 is 0.964 bits per heavy atom. The minimum atomic E-state index is -0.193. The van der Waals surface area contributed by atoms with Crippen molar-refractivity contribution in [3.05, 3.63) is 78.0 Å². The lowest BCUT2D eigenvalue weighted by molar-refractivity contribution is 0.102. The molecule has 28 heavy (non-hydrogen) atoms. The summed E-state index contributed by atoms with van der Waals surface area (Å²) < 4.78 is 10.5. The Morgan fingerprint density at radius 2 is 1.75 bits per heavy atom. The second kappa shape index (κ2) is 9.41. The maximum Gasteiger partial charge on any atom is 0.255 e. The van der Waals surface area contributed by atoms with Gasteiger partial charge in [-0.25, -0.2) is 4.98 Å². The molecule has 0 aliphatic carbocycles. The number of aromatic nitrogens is 1. The maximum absolute atomic E-state index is 12.3. The highest BCUT2D eigenvalue weighted by Gasteiger charge is 2.07. The van der Waals surface area contributed by atoms with Crippen molar-refractivity contribution < 1.29 is 14.3 Å². The van der Waals surface area contributed by atoms with E-state index in [1.165, 1.54) is 0 Å². The summed E-state index contributed by atoms with van der Waals surface area (Å²) in [7, 11) is 3.26. The number of amides is 1. The summed E-state index contributed by atoms with van der Waals surface area (Å²) in [4.78, 5) is 16.6. The first kappa shape index (κ1) is 19.2. The largest absolute Gasteiger partial charge is 0.497 e. The normalized spacial score (nSPS) is 10.2. The van der Waals surface area contributed by atoms with Crippen LogP contribution in [0.3, 0.4) is 0 Å². The molecule has 0 saturated carbocycles. The summed E-state index contributed by atoms with van der Waals surface area (Å²) in [6, 6.07) is 18.5. The van der Waals surface area contributed by atoms with Gasteiger partial charge in [0.25, 0.3) is 5.91 Å². The number of carbonyl (C=O) groups is 1. The van der Waals surface area contributed by atoms with Crippen LogP contribution < -0.4 is 20.1 Å². The molecular weight excluding hydrogens is 354 g/mol. The Morgan fingerprint density at radius 3 is 2.43 bits per heavy atom. The zero-order valence-corrected chi connectivity index (χ0v) is 15.9. The molecule has 144 valence electrons. The van der Waals surface area contributed by atoms with Crippen LogP contribution in [-0.2, 0) is 6.42 Å². The number of para-hydroxylation sites is 1. The second-order valence-electron chi connectivity index (χ2n) is 6.10. The predicted octanol–water partition coefficient (Wildman–Crippen LogP) is 4.01. The van der Waals surface area contributed by atoms with Crippen LogP contribution >= 0.6 is 0 Å². The summed E-state index contributed by atoms with van der Waals surface area (Å²) in [5.41, 5.74) is 2.33. The van der Waals surface area contributed by atoms with Crippen molar-refractivity contribution in [2.75, 3.05) is 31.4 Å². The van der Waals surface area contributed by atoms with Crippen molar-refractivity contribution in [3.8, 4) is 11.5 Å². The molecule has 3 aromatic rings. The van der Waals surface area contributed by atoms with Gasteiger partial charge in [0.15, 0.2) is 0 Å². The van der Waals surface area contributed by atoms with Crippen LogP contribution in [0.15, 0.2) is 66.9 Å². The number of nitrogens with zero attached hydrogens (tertiary/aromatic N) is 1. The molecule has 0 aliphatic rings. The number of hydrogen-bond donors (Lipinski definition) is 2. The Hall–Kier alpha value is -3.54. The molecule has 0 unspecified atom stereocenters. The quantitative estimate of drug-likeness (QED) is 0.621. The van der Waals surface area contributed by atoms with Gasteiger partial charge in [-0.1, -0.05) is 18.2 Å². The summed E-state index contributed by atoms with van der Waals surface area (Å²) in [6.07, 6.45) is 2.45. The Kier molecular flexibility index (Phi) is 6.46. The third-order valence-electron chi connectivity index (χ3n) is 4.27. The highest BCUT2D eigenvalue weighted by Crippen LogP contribution is 2.18. The van der Waals surface area contributed by atoms with E-state index in [1.807, 2.05) is 36.4 Å². The number of methoxy groups -OCH3 is 2. The van der Waals surface area contributed by atoms with Gasteiger partial charge >= 0.3 is 0 Å². The van der Waals surface area contributed by atoms with Gasteiger partial charge in [-0.2, -0.15) is 0 Å². The molecule has 1 heterocycles. The van der Waals surface area contributed by atoms with Crippen LogP contribution in [0.4, 0.5) is 11.5 Å². The van der Waals surface area contributed by atoms with Gasteiger partial charge in [-0.15, -0.1) is 0 Å². The van der Waals surface area contributed by atoms with E-state index >= 15 is 0 Å². The van der Waals surface area contributed by atoms with Crippen molar-refractivity contribution in [2.45, 2.75) is 6.42 Å². The van der Waals surface area contributed by atoms with Crippen LogP contribution in [0.5, 0.6) is 11.5 Å². The molecule has 0 aliphatic heterocycles. The van der Waals surface area contributed by atoms with Crippen LogP contribution in [0.1, 0.15) is 15.9 Å². The van der Waals surface area contributed by atoms with E-state index < -0.39 is 0 Å². The number of nitrogens with one attached hydrogen (secondary N) is 2. The zero-order valence-electron chi connectivity index (χ0n) is 15.9. The highest BCUT2D eigenvalue weighted by atomic mass is 16.5. The average molecular weight is 377 g/mol.